The average molecular weight is 434 g/mol. The van der Waals surface area contributed by atoms with Gasteiger partial charge in [0.25, 0.3) is 5.56 Å². The van der Waals surface area contributed by atoms with Gasteiger partial charge in [-0.15, -0.1) is 11.3 Å². The molecule has 0 aliphatic heterocycles. The largest absolute Gasteiger partial charge is 0.497 e. The maximum atomic E-state index is 13.0. The topological polar surface area (TPSA) is 102 Å². The fourth-order valence-corrected chi connectivity index (χ4v) is 3.97. The zero-order valence-corrected chi connectivity index (χ0v) is 17.3. The smallest absolute Gasteiger partial charge is 0.325 e. The minimum atomic E-state index is -0.697. The molecule has 31 heavy (non-hydrogen) atoms. The van der Waals surface area contributed by atoms with Gasteiger partial charge in [-0.05, 0) is 29.8 Å². The fraction of sp³-hybridized carbons (Fsp3) is 0.0909. The van der Waals surface area contributed by atoms with Crippen molar-refractivity contribution in [2.45, 2.75) is 6.54 Å². The van der Waals surface area contributed by atoms with E-state index in [4.69, 9.17) is 4.74 Å². The predicted molar refractivity (Wildman–Crippen MR) is 119 cm³/mol. The first-order chi connectivity index (χ1) is 15.0. The number of carbonyl (C=O) groups is 2. The van der Waals surface area contributed by atoms with Gasteiger partial charge in [0.05, 0.1) is 18.8 Å². The second kappa shape index (κ2) is 8.80. The van der Waals surface area contributed by atoms with E-state index >= 15 is 0 Å². The quantitative estimate of drug-likeness (QED) is 0.501. The molecule has 0 atom stereocenters. The van der Waals surface area contributed by atoms with E-state index < -0.39 is 11.9 Å². The summed E-state index contributed by atoms with van der Waals surface area (Å²) >= 11 is 1.37. The highest BCUT2D eigenvalue weighted by atomic mass is 32.1. The highest BCUT2D eigenvalue weighted by Gasteiger charge is 2.15. The van der Waals surface area contributed by atoms with Crippen LogP contribution in [-0.2, 0) is 11.3 Å². The molecular formula is C22H18N4O4S. The van der Waals surface area contributed by atoms with Gasteiger partial charge in [0.1, 0.15) is 17.1 Å². The minimum Gasteiger partial charge on any atom is -0.497 e. The Balaban J connectivity index is 1.49. The summed E-state index contributed by atoms with van der Waals surface area (Å²) < 4.78 is 6.25. The lowest BCUT2D eigenvalue weighted by molar-refractivity contribution is -0.120. The summed E-state index contributed by atoms with van der Waals surface area (Å²) in [4.78, 5) is 42.3. The van der Waals surface area contributed by atoms with Crippen molar-refractivity contribution in [2.24, 2.45) is 0 Å². The first-order valence-corrected chi connectivity index (χ1v) is 10.2. The Bertz CT molecular complexity index is 1300. The van der Waals surface area contributed by atoms with Gasteiger partial charge in [-0.25, -0.2) is 9.78 Å². The molecule has 156 valence electrons. The number of ether oxygens (including phenoxy) is 1. The van der Waals surface area contributed by atoms with Gasteiger partial charge >= 0.3 is 6.03 Å². The van der Waals surface area contributed by atoms with Gasteiger partial charge < -0.3 is 10.1 Å². The van der Waals surface area contributed by atoms with Crippen LogP contribution in [0.1, 0.15) is 0 Å². The molecule has 0 saturated heterocycles. The Morgan fingerprint density at radius 3 is 2.55 bits per heavy atom. The number of amides is 3. The Labute approximate surface area is 181 Å². The number of thiophene rings is 1. The number of hydrogen-bond acceptors (Lipinski definition) is 6. The van der Waals surface area contributed by atoms with E-state index in [2.05, 4.69) is 15.6 Å². The van der Waals surface area contributed by atoms with Crippen molar-refractivity contribution in [3.05, 3.63) is 76.7 Å². The third kappa shape index (κ3) is 4.46. The summed E-state index contributed by atoms with van der Waals surface area (Å²) in [6.07, 6.45) is 1.32. The van der Waals surface area contributed by atoms with Crippen LogP contribution in [0.4, 0.5) is 10.5 Å². The van der Waals surface area contributed by atoms with Crippen LogP contribution in [0.15, 0.2) is 71.1 Å². The third-order valence-corrected chi connectivity index (χ3v) is 5.45. The van der Waals surface area contributed by atoms with Crippen LogP contribution < -0.4 is 20.9 Å². The number of nitrogens with zero attached hydrogens (tertiary/aromatic N) is 2. The molecule has 0 bridgehead atoms. The molecule has 0 saturated carbocycles. The summed E-state index contributed by atoms with van der Waals surface area (Å²) in [5.74, 6) is 0.0124. The zero-order valence-electron chi connectivity index (χ0n) is 16.5. The van der Waals surface area contributed by atoms with E-state index in [9.17, 15) is 14.4 Å². The number of methoxy groups -OCH3 is 1. The molecule has 3 amide bonds. The number of hydrogen-bond donors (Lipinski definition) is 2. The molecule has 2 N–H and O–H groups in total. The van der Waals surface area contributed by atoms with Crippen molar-refractivity contribution in [1.82, 2.24) is 14.9 Å². The molecule has 4 rings (SSSR count). The molecule has 2 heterocycles. The first kappa shape index (κ1) is 20.3. The van der Waals surface area contributed by atoms with Crippen LogP contribution in [0, 0.1) is 0 Å². The minimum absolute atomic E-state index is 0.331. The van der Waals surface area contributed by atoms with Crippen LogP contribution in [0.25, 0.3) is 21.3 Å². The number of nitrogens with one attached hydrogen (secondary N) is 2. The SMILES string of the molecule is COc1ccc(NC(=O)NC(=O)Cn2cnc3scc(-c4ccccc4)c3c2=O)cc1. The van der Waals surface area contributed by atoms with E-state index in [1.54, 1.807) is 31.4 Å². The molecule has 9 heteroatoms. The van der Waals surface area contributed by atoms with Crippen molar-refractivity contribution < 1.29 is 14.3 Å². The van der Waals surface area contributed by atoms with E-state index in [1.807, 2.05) is 35.7 Å². The number of aromatic nitrogens is 2. The fourth-order valence-electron chi connectivity index (χ4n) is 3.07. The summed E-state index contributed by atoms with van der Waals surface area (Å²) in [7, 11) is 1.54. The standard InChI is InChI=1S/C22H18N4O4S/c1-30-16-9-7-15(8-10-16)24-22(29)25-18(27)11-26-13-23-20-19(21(26)28)17(12-31-20)14-5-3-2-4-6-14/h2-10,12-13H,11H2,1H3,(H2,24,25,27,29). The molecule has 2 aromatic heterocycles. The van der Waals surface area contributed by atoms with Crippen molar-refractivity contribution in [3.63, 3.8) is 0 Å². The summed E-state index contributed by atoms with van der Waals surface area (Å²) in [6.45, 7) is -0.331. The number of benzene rings is 2. The Kier molecular flexibility index (Phi) is 5.76. The number of anilines is 1. The van der Waals surface area contributed by atoms with Gasteiger partial charge in [-0.3, -0.25) is 19.5 Å². The lowest BCUT2D eigenvalue weighted by Crippen LogP contribution is -2.38. The predicted octanol–water partition coefficient (Wildman–Crippen LogP) is 3.48. The molecule has 0 radical (unpaired) electrons. The molecule has 4 aromatic rings. The Morgan fingerprint density at radius 2 is 1.84 bits per heavy atom. The number of fused-ring (bicyclic) bond motifs is 1. The highest BCUT2D eigenvalue weighted by molar-refractivity contribution is 7.17. The van der Waals surface area contributed by atoms with Crippen LogP contribution >= 0.6 is 11.3 Å². The Hall–Kier alpha value is -3.98. The van der Waals surface area contributed by atoms with E-state index in [1.165, 1.54) is 22.2 Å². The lowest BCUT2D eigenvalue weighted by atomic mass is 10.1. The van der Waals surface area contributed by atoms with Crippen molar-refractivity contribution in [3.8, 4) is 16.9 Å². The lowest BCUT2D eigenvalue weighted by Gasteiger charge is -2.09. The highest BCUT2D eigenvalue weighted by Crippen LogP contribution is 2.30. The normalized spacial score (nSPS) is 10.6. The van der Waals surface area contributed by atoms with Gasteiger partial charge in [0.2, 0.25) is 5.91 Å². The monoisotopic (exact) mass is 434 g/mol. The van der Waals surface area contributed by atoms with E-state index in [0.717, 1.165) is 11.1 Å². The second-order valence-corrected chi connectivity index (χ2v) is 7.46. The molecule has 0 spiro atoms. The molecule has 0 fully saturated rings. The maximum Gasteiger partial charge on any atom is 0.325 e. The first-order valence-electron chi connectivity index (χ1n) is 9.32. The van der Waals surface area contributed by atoms with Crippen LogP contribution in [0.3, 0.4) is 0 Å². The van der Waals surface area contributed by atoms with Gasteiger partial charge in [-0.2, -0.15) is 0 Å². The summed E-state index contributed by atoms with van der Waals surface area (Å²) in [5.41, 5.74) is 1.83. The molecule has 2 aromatic carbocycles. The second-order valence-electron chi connectivity index (χ2n) is 6.60. The summed E-state index contributed by atoms with van der Waals surface area (Å²) in [6, 6.07) is 15.5. The van der Waals surface area contributed by atoms with Crippen LogP contribution in [0.5, 0.6) is 5.75 Å². The van der Waals surface area contributed by atoms with Crippen molar-refractivity contribution in [1.29, 1.82) is 0 Å². The Morgan fingerprint density at radius 1 is 1.10 bits per heavy atom. The average Bonchev–Trinajstić information content (AvgIpc) is 3.22. The number of urea groups is 1. The third-order valence-electron chi connectivity index (χ3n) is 4.56. The van der Waals surface area contributed by atoms with Gasteiger partial charge in [0.15, 0.2) is 0 Å². The van der Waals surface area contributed by atoms with Gasteiger partial charge in [-0.1, -0.05) is 30.3 Å². The number of imide groups is 1. The molecule has 0 aliphatic carbocycles. The molecule has 0 aliphatic rings. The maximum absolute atomic E-state index is 13.0. The van der Waals surface area contributed by atoms with Gasteiger partial charge in [0, 0.05) is 16.6 Å². The molecule has 8 nitrogen and oxygen atoms in total. The number of rotatable bonds is 5. The molecular weight excluding hydrogens is 416 g/mol. The van der Waals surface area contributed by atoms with Crippen LogP contribution in [0.2, 0.25) is 0 Å². The van der Waals surface area contributed by atoms with E-state index in [-0.39, 0.29) is 12.1 Å². The molecule has 0 unspecified atom stereocenters. The number of carbonyl (C=O) groups excluding carboxylic acids is 2. The van der Waals surface area contributed by atoms with Crippen molar-refractivity contribution in [2.75, 3.05) is 12.4 Å². The van der Waals surface area contributed by atoms with E-state index in [0.29, 0.717) is 21.7 Å². The van der Waals surface area contributed by atoms with Crippen LogP contribution in [-0.4, -0.2) is 28.6 Å². The summed E-state index contributed by atoms with van der Waals surface area (Å²) in [5, 5.41) is 7.10. The zero-order chi connectivity index (χ0) is 21.8. The van der Waals surface area contributed by atoms with Crippen molar-refractivity contribution >= 4 is 39.2 Å².